The summed E-state index contributed by atoms with van der Waals surface area (Å²) in [6, 6.07) is 5.02. The predicted molar refractivity (Wildman–Crippen MR) is 96.8 cm³/mol. The summed E-state index contributed by atoms with van der Waals surface area (Å²) in [5.74, 6) is -0.393. The van der Waals surface area contributed by atoms with Crippen molar-refractivity contribution < 1.29 is 14.0 Å². The molecule has 1 amide bonds. The normalized spacial score (nSPS) is 29.8. The van der Waals surface area contributed by atoms with Crippen molar-refractivity contribution in [3.63, 3.8) is 0 Å². The van der Waals surface area contributed by atoms with E-state index in [0.29, 0.717) is 43.6 Å². The van der Waals surface area contributed by atoms with E-state index >= 15 is 0 Å². The fraction of sp³-hybridized carbons (Fsp3) is 0.524. The Kier molecular flexibility index (Phi) is 3.76. The van der Waals surface area contributed by atoms with Crippen molar-refractivity contribution in [2.24, 2.45) is 16.6 Å². The van der Waals surface area contributed by atoms with Gasteiger partial charge in [0.25, 0.3) is 0 Å². The molecule has 0 bridgehead atoms. The zero-order valence-corrected chi connectivity index (χ0v) is 15.3. The number of halogens is 1. The quantitative estimate of drug-likeness (QED) is 0.841. The van der Waals surface area contributed by atoms with Gasteiger partial charge in [0.2, 0.25) is 5.91 Å². The molecule has 1 spiro atoms. The van der Waals surface area contributed by atoms with Gasteiger partial charge in [0.15, 0.2) is 5.78 Å². The number of ketones is 1. The van der Waals surface area contributed by atoms with Gasteiger partial charge in [0, 0.05) is 23.9 Å². The fourth-order valence-corrected chi connectivity index (χ4v) is 5.23. The Morgan fingerprint density at radius 1 is 1.35 bits per heavy atom. The lowest BCUT2D eigenvalue weighted by molar-refractivity contribution is -0.132. The summed E-state index contributed by atoms with van der Waals surface area (Å²) < 4.78 is 14.0. The zero-order chi connectivity index (χ0) is 18.7. The standard InChI is InChI=1S/C21H25FN2O2/c1-20(2)11-21(10-17(23)18(20)25)8-9-24(12-21)19(26)15-7-6-14-13(15)4-3-5-16(14)22/h3-5,10,15H,6-9,11-12,23H2,1-2H3/t15?,21-/m0/s1. The number of fused-ring (bicyclic) bond motifs is 1. The predicted octanol–water partition coefficient (Wildman–Crippen LogP) is 2.92. The number of nitrogens with zero attached hydrogens (tertiary/aromatic N) is 1. The summed E-state index contributed by atoms with van der Waals surface area (Å²) >= 11 is 0. The number of hydrogen-bond acceptors (Lipinski definition) is 3. The highest BCUT2D eigenvalue weighted by molar-refractivity contribution is 5.99. The van der Waals surface area contributed by atoms with E-state index in [4.69, 9.17) is 5.73 Å². The highest BCUT2D eigenvalue weighted by atomic mass is 19.1. The molecule has 4 rings (SSSR count). The molecule has 2 aliphatic carbocycles. The van der Waals surface area contributed by atoms with E-state index < -0.39 is 5.41 Å². The van der Waals surface area contributed by atoms with Gasteiger partial charge in [0.05, 0.1) is 11.6 Å². The average molecular weight is 356 g/mol. The highest BCUT2D eigenvalue weighted by Crippen LogP contribution is 2.48. The number of nitrogens with two attached hydrogens (primary N) is 1. The summed E-state index contributed by atoms with van der Waals surface area (Å²) in [4.78, 5) is 27.3. The lowest BCUT2D eigenvalue weighted by Gasteiger charge is -2.39. The number of likely N-dealkylation sites (tertiary alicyclic amines) is 1. The number of hydrogen-bond donors (Lipinski definition) is 1. The number of Topliss-reactive ketones (excluding diaryl/α,β-unsaturated/α-hetero) is 1. The molecular formula is C21H25FN2O2. The smallest absolute Gasteiger partial charge is 0.230 e. The minimum Gasteiger partial charge on any atom is -0.396 e. The molecule has 2 atom stereocenters. The van der Waals surface area contributed by atoms with E-state index in [1.807, 2.05) is 30.9 Å². The van der Waals surface area contributed by atoms with E-state index in [1.54, 1.807) is 6.07 Å². The molecule has 1 aromatic rings. The molecule has 1 heterocycles. The molecule has 3 aliphatic rings. The van der Waals surface area contributed by atoms with Crippen molar-refractivity contribution in [3.8, 4) is 0 Å². The van der Waals surface area contributed by atoms with E-state index in [0.717, 1.165) is 12.0 Å². The first-order valence-corrected chi connectivity index (χ1v) is 9.32. The number of carbonyl (C=O) groups is 2. The first kappa shape index (κ1) is 17.3. The molecule has 138 valence electrons. The molecule has 5 heteroatoms. The summed E-state index contributed by atoms with van der Waals surface area (Å²) in [5.41, 5.74) is 7.13. The second kappa shape index (κ2) is 5.66. The maximum Gasteiger partial charge on any atom is 0.230 e. The lowest BCUT2D eigenvalue weighted by atomic mass is 9.65. The number of carbonyl (C=O) groups excluding carboxylic acids is 2. The SMILES string of the molecule is CC1(C)C[C@@]2(C=C(N)C1=O)CCN(C(=O)C1CCc3c(F)cccc31)C2. The van der Waals surface area contributed by atoms with Crippen LogP contribution in [0.15, 0.2) is 30.0 Å². The Morgan fingerprint density at radius 2 is 2.12 bits per heavy atom. The third-order valence-electron chi connectivity index (χ3n) is 6.34. The monoisotopic (exact) mass is 356 g/mol. The Labute approximate surface area is 153 Å². The largest absolute Gasteiger partial charge is 0.396 e. The molecular weight excluding hydrogens is 331 g/mol. The number of rotatable bonds is 1. The van der Waals surface area contributed by atoms with Gasteiger partial charge in [-0.2, -0.15) is 0 Å². The summed E-state index contributed by atoms with van der Waals surface area (Å²) in [6.45, 7) is 5.10. The number of amides is 1. The fourth-order valence-electron chi connectivity index (χ4n) is 5.23. The van der Waals surface area contributed by atoms with Crippen LogP contribution in [0.2, 0.25) is 0 Å². The second-order valence-electron chi connectivity index (χ2n) is 8.76. The van der Waals surface area contributed by atoms with Crippen LogP contribution in [0.5, 0.6) is 0 Å². The number of benzene rings is 1. The van der Waals surface area contributed by atoms with Gasteiger partial charge < -0.3 is 10.6 Å². The van der Waals surface area contributed by atoms with Gasteiger partial charge in [-0.1, -0.05) is 26.0 Å². The van der Waals surface area contributed by atoms with E-state index in [-0.39, 0.29) is 28.8 Å². The van der Waals surface area contributed by atoms with Crippen LogP contribution in [-0.2, 0) is 16.0 Å². The van der Waals surface area contributed by atoms with Crippen LogP contribution in [0, 0.1) is 16.6 Å². The second-order valence-corrected chi connectivity index (χ2v) is 8.76. The van der Waals surface area contributed by atoms with Crippen molar-refractivity contribution in [1.82, 2.24) is 4.90 Å². The Hall–Kier alpha value is -2.17. The minimum absolute atomic E-state index is 0.00639. The molecule has 1 fully saturated rings. The van der Waals surface area contributed by atoms with Gasteiger partial charge in [-0.25, -0.2) is 4.39 Å². The molecule has 0 aromatic heterocycles. The minimum atomic E-state index is -0.499. The van der Waals surface area contributed by atoms with Crippen molar-refractivity contribution in [2.75, 3.05) is 13.1 Å². The summed E-state index contributed by atoms with van der Waals surface area (Å²) in [7, 11) is 0. The first-order chi connectivity index (χ1) is 12.2. The molecule has 0 saturated carbocycles. The third kappa shape index (κ3) is 2.56. The zero-order valence-electron chi connectivity index (χ0n) is 15.3. The van der Waals surface area contributed by atoms with Crippen LogP contribution in [0.4, 0.5) is 4.39 Å². The Bertz CT molecular complexity index is 829. The van der Waals surface area contributed by atoms with Crippen LogP contribution in [0.3, 0.4) is 0 Å². The lowest BCUT2D eigenvalue weighted by Crippen LogP contribution is -2.43. The van der Waals surface area contributed by atoms with E-state index in [2.05, 4.69) is 0 Å². The maximum absolute atomic E-state index is 14.0. The molecule has 4 nitrogen and oxygen atoms in total. The van der Waals surface area contributed by atoms with Gasteiger partial charge in [-0.15, -0.1) is 0 Å². The molecule has 1 unspecified atom stereocenters. The Morgan fingerprint density at radius 3 is 2.85 bits per heavy atom. The van der Waals surface area contributed by atoms with Crippen LogP contribution in [0.1, 0.15) is 50.2 Å². The van der Waals surface area contributed by atoms with Crippen molar-refractivity contribution in [3.05, 3.63) is 46.9 Å². The summed E-state index contributed by atoms with van der Waals surface area (Å²) in [5, 5.41) is 0. The molecule has 1 aromatic carbocycles. The molecule has 2 N–H and O–H groups in total. The Balaban J connectivity index is 1.57. The number of allylic oxidation sites excluding steroid dienone is 1. The van der Waals surface area contributed by atoms with Gasteiger partial charge in [-0.05, 0) is 49.0 Å². The maximum atomic E-state index is 14.0. The third-order valence-corrected chi connectivity index (χ3v) is 6.34. The highest BCUT2D eigenvalue weighted by Gasteiger charge is 2.49. The van der Waals surface area contributed by atoms with Crippen LogP contribution < -0.4 is 5.73 Å². The summed E-state index contributed by atoms with van der Waals surface area (Å²) in [6.07, 6.45) is 4.69. The van der Waals surface area contributed by atoms with E-state index in [9.17, 15) is 14.0 Å². The van der Waals surface area contributed by atoms with Crippen molar-refractivity contribution in [2.45, 2.75) is 45.4 Å². The van der Waals surface area contributed by atoms with E-state index in [1.165, 1.54) is 6.07 Å². The molecule has 0 radical (unpaired) electrons. The van der Waals surface area contributed by atoms with Gasteiger partial charge in [-0.3, -0.25) is 9.59 Å². The first-order valence-electron chi connectivity index (χ1n) is 9.32. The van der Waals surface area contributed by atoms with Gasteiger partial charge in [0.1, 0.15) is 5.82 Å². The molecule has 1 aliphatic heterocycles. The van der Waals surface area contributed by atoms with Crippen LogP contribution in [-0.4, -0.2) is 29.7 Å². The van der Waals surface area contributed by atoms with Crippen LogP contribution in [0.25, 0.3) is 0 Å². The average Bonchev–Trinajstić information content (AvgIpc) is 3.17. The molecule has 1 saturated heterocycles. The molecule has 26 heavy (non-hydrogen) atoms. The van der Waals surface area contributed by atoms with Crippen molar-refractivity contribution in [1.29, 1.82) is 0 Å². The topological polar surface area (TPSA) is 63.4 Å². The van der Waals surface area contributed by atoms with Crippen LogP contribution >= 0.6 is 0 Å². The van der Waals surface area contributed by atoms with Gasteiger partial charge >= 0.3 is 0 Å². The van der Waals surface area contributed by atoms with Crippen molar-refractivity contribution >= 4 is 11.7 Å².